The molecule has 16 heavy (non-hydrogen) atoms. The molecule has 0 aromatic carbocycles. The molecule has 2 atom stereocenters. The molecule has 2 heterocycles. The summed E-state index contributed by atoms with van der Waals surface area (Å²) in [7, 11) is 0. The summed E-state index contributed by atoms with van der Waals surface area (Å²) in [5.41, 5.74) is 0. The SMILES string of the molecule is O=C([C@@H]1CCCN1)N1CCCCCC1CO. The summed E-state index contributed by atoms with van der Waals surface area (Å²) in [6.45, 7) is 1.88. The van der Waals surface area contributed by atoms with E-state index in [2.05, 4.69) is 5.32 Å². The third-order valence-electron chi connectivity index (χ3n) is 3.73. The number of hydrogen-bond donors (Lipinski definition) is 2. The summed E-state index contributed by atoms with van der Waals surface area (Å²) in [5, 5.41) is 12.6. The second-order valence-electron chi connectivity index (χ2n) is 4.87. The number of likely N-dealkylation sites (tertiary alicyclic amines) is 1. The molecule has 4 heteroatoms. The molecular formula is C12H22N2O2. The fourth-order valence-electron chi connectivity index (χ4n) is 2.75. The molecule has 2 fully saturated rings. The number of carbonyl (C=O) groups is 1. The van der Waals surface area contributed by atoms with Gasteiger partial charge in [-0.15, -0.1) is 0 Å². The van der Waals surface area contributed by atoms with Gasteiger partial charge >= 0.3 is 0 Å². The smallest absolute Gasteiger partial charge is 0.240 e. The summed E-state index contributed by atoms with van der Waals surface area (Å²) in [6.07, 6.45) is 6.39. The van der Waals surface area contributed by atoms with Crippen LogP contribution < -0.4 is 5.32 Å². The number of aliphatic hydroxyl groups is 1. The second kappa shape index (κ2) is 5.64. The van der Waals surface area contributed by atoms with Gasteiger partial charge in [0, 0.05) is 6.54 Å². The first-order valence-corrected chi connectivity index (χ1v) is 6.47. The molecule has 2 rings (SSSR count). The number of nitrogens with zero attached hydrogens (tertiary/aromatic N) is 1. The molecule has 0 radical (unpaired) electrons. The van der Waals surface area contributed by atoms with Crippen LogP contribution in [0, 0.1) is 0 Å². The monoisotopic (exact) mass is 226 g/mol. The van der Waals surface area contributed by atoms with Crippen molar-refractivity contribution >= 4 is 5.91 Å². The van der Waals surface area contributed by atoms with Crippen molar-refractivity contribution in [3.8, 4) is 0 Å². The lowest BCUT2D eigenvalue weighted by atomic mass is 10.1. The predicted molar refractivity (Wildman–Crippen MR) is 62.1 cm³/mol. The lowest BCUT2D eigenvalue weighted by Gasteiger charge is -2.31. The molecule has 0 aromatic rings. The van der Waals surface area contributed by atoms with Crippen molar-refractivity contribution in [2.45, 2.75) is 50.6 Å². The lowest BCUT2D eigenvalue weighted by molar-refractivity contribution is -0.136. The Labute approximate surface area is 97.0 Å². The molecule has 0 bridgehead atoms. The molecule has 92 valence electrons. The number of nitrogens with one attached hydrogen (secondary N) is 1. The largest absolute Gasteiger partial charge is 0.394 e. The zero-order valence-electron chi connectivity index (χ0n) is 9.82. The minimum absolute atomic E-state index is 0.00662. The molecule has 0 saturated carbocycles. The second-order valence-corrected chi connectivity index (χ2v) is 4.87. The molecule has 2 saturated heterocycles. The highest BCUT2D eigenvalue weighted by Crippen LogP contribution is 2.19. The van der Waals surface area contributed by atoms with E-state index in [9.17, 15) is 9.90 Å². The van der Waals surface area contributed by atoms with Crippen LogP contribution in [0.5, 0.6) is 0 Å². The highest BCUT2D eigenvalue weighted by atomic mass is 16.3. The van der Waals surface area contributed by atoms with Crippen LogP contribution >= 0.6 is 0 Å². The van der Waals surface area contributed by atoms with Crippen molar-refractivity contribution in [3.63, 3.8) is 0 Å². The maximum Gasteiger partial charge on any atom is 0.240 e. The first kappa shape index (κ1) is 11.9. The topological polar surface area (TPSA) is 52.6 Å². The van der Waals surface area contributed by atoms with Crippen molar-refractivity contribution in [2.24, 2.45) is 0 Å². The Balaban J connectivity index is 2.00. The van der Waals surface area contributed by atoms with E-state index in [0.29, 0.717) is 0 Å². The van der Waals surface area contributed by atoms with Crippen LogP contribution in [-0.2, 0) is 4.79 Å². The van der Waals surface area contributed by atoms with E-state index < -0.39 is 0 Å². The third-order valence-corrected chi connectivity index (χ3v) is 3.73. The van der Waals surface area contributed by atoms with Crippen molar-refractivity contribution in [3.05, 3.63) is 0 Å². The zero-order chi connectivity index (χ0) is 11.4. The number of carbonyl (C=O) groups excluding carboxylic acids is 1. The van der Waals surface area contributed by atoms with E-state index in [1.54, 1.807) is 0 Å². The Kier molecular flexibility index (Phi) is 4.18. The Morgan fingerprint density at radius 3 is 2.81 bits per heavy atom. The molecule has 0 aliphatic carbocycles. The normalized spacial score (nSPS) is 31.4. The van der Waals surface area contributed by atoms with Gasteiger partial charge in [0.25, 0.3) is 0 Å². The van der Waals surface area contributed by atoms with Crippen LogP contribution in [0.4, 0.5) is 0 Å². The highest BCUT2D eigenvalue weighted by Gasteiger charge is 2.31. The van der Waals surface area contributed by atoms with Gasteiger partial charge in [-0.05, 0) is 32.2 Å². The molecule has 0 spiro atoms. The first-order valence-electron chi connectivity index (χ1n) is 6.47. The minimum atomic E-state index is 0.00662. The van der Waals surface area contributed by atoms with E-state index in [1.165, 1.54) is 6.42 Å². The molecule has 2 aliphatic rings. The molecule has 1 amide bonds. The molecule has 1 unspecified atom stereocenters. The summed E-state index contributed by atoms with van der Waals surface area (Å²) in [5.74, 6) is 0.207. The summed E-state index contributed by atoms with van der Waals surface area (Å²) >= 11 is 0. The van der Waals surface area contributed by atoms with Crippen LogP contribution in [0.1, 0.15) is 38.5 Å². The quantitative estimate of drug-likeness (QED) is 0.721. The maximum absolute atomic E-state index is 12.3. The van der Waals surface area contributed by atoms with Gasteiger partial charge in [0.1, 0.15) is 0 Å². The van der Waals surface area contributed by atoms with E-state index in [1.807, 2.05) is 4.90 Å². The average molecular weight is 226 g/mol. The molecule has 2 N–H and O–H groups in total. The van der Waals surface area contributed by atoms with E-state index >= 15 is 0 Å². The van der Waals surface area contributed by atoms with Gasteiger partial charge in [0.2, 0.25) is 5.91 Å². The maximum atomic E-state index is 12.3. The Morgan fingerprint density at radius 2 is 2.12 bits per heavy atom. The van der Waals surface area contributed by atoms with E-state index in [4.69, 9.17) is 0 Å². The summed E-state index contributed by atoms with van der Waals surface area (Å²) in [4.78, 5) is 14.2. The van der Waals surface area contributed by atoms with Gasteiger partial charge in [-0.25, -0.2) is 0 Å². The van der Waals surface area contributed by atoms with Crippen molar-refractivity contribution in [2.75, 3.05) is 19.7 Å². The van der Waals surface area contributed by atoms with E-state index in [-0.39, 0.29) is 24.6 Å². The fraction of sp³-hybridized carbons (Fsp3) is 0.917. The number of rotatable bonds is 2. The van der Waals surface area contributed by atoms with Gasteiger partial charge in [-0.2, -0.15) is 0 Å². The van der Waals surface area contributed by atoms with Crippen molar-refractivity contribution in [1.82, 2.24) is 10.2 Å². The molecular weight excluding hydrogens is 204 g/mol. The van der Waals surface area contributed by atoms with Gasteiger partial charge in [0.05, 0.1) is 18.7 Å². The van der Waals surface area contributed by atoms with Crippen LogP contribution in [0.2, 0.25) is 0 Å². The Morgan fingerprint density at radius 1 is 1.25 bits per heavy atom. The van der Waals surface area contributed by atoms with Gasteiger partial charge in [-0.1, -0.05) is 12.8 Å². The Bertz CT molecular complexity index is 239. The van der Waals surface area contributed by atoms with Gasteiger partial charge < -0.3 is 15.3 Å². The summed E-state index contributed by atoms with van der Waals surface area (Å²) in [6, 6.07) is 0.0598. The first-order chi connectivity index (χ1) is 7.83. The predicted octanol–water partition coefficient (Wildman–Crippen LogP) is 0.502. The fourth-order valence-corrected chi connectivity index (χ4v) is 2.75. The molecule has 0 aromatic heterocycles. The molecule has 4 nitrogen and oxygen atoms in total. The minimum Gasteiger partial charge on any atom is -0.394 e. The highest BCUT2D eigenvalue weighted by molar-refractivity contribution is 5.82. The van der Waals surface area contributed by atoms with Crippen LogP contribution in [0.3, 0.4) is 0 Å². The number of aliphatic hydroxyl groups excluding tert-OH is 1. The van der Waals surface area contributed by atoms with Crippen molar-refractivity contribution < 1.29 is 9.90 Å². The average Bonchev–Trinajstić information content (AvgIpc) is 2.73. The van der Waals surface area contributed by atoms with Gasteiger partial charge in [0.15, 0.2) is 0 Å². The number of amides is 1. The molecule has 2 aliphatic heterocycles. The van der Waals surface area contributed by atoms with Gasteiger partial charge in [-0.3, -0.25) is 4.79 Å². The zero-order valence-corrected chi connectivity index (χ0v) is 9.82. The summed E-state index contributed by atoms with van der Waals surface area (Å²) < 4.78 is 0. The Hall–Kier alpha value is -0.610. The van der Waals surface area contributed by atoms with Crippen LogP contribution in [0.25, 0.3) is 0 Å². The number of hydrogen-bond acceptors (Lipinski definition) is 3. The van der Waals surface area contributed by atoms with E-state index in [0.717, 1.165) is 45.2 Å². The van der Waals surface area contributed by atoms with Crippen LogP contribution in [0.15, 0.2) is 0 Å². The standard InChI is InChI=1S/C12H22N2O2/c15-9-10-5-2-1-3-8-14(10)12(16)11-6-4-7-13-11/h10-11,13,15H,1-9H2/t10?,11-/m0/s1. The third kappa shape index (κ3) is 2.55. The lowest BCUT2D eigenvalue weighted by Crippen LogP contribution is -2.49. The van der Waals surface area contributed by atoms with Crippen LogP contribution in [-0.4, -0.2) is 47.7 Å². The van der Waals surface area contributed by atoms with Crippen molar-refractivity contribution in [1.29, 1.82) is 0 Å².